The van der Waals surface area contributed by atoms with Crippen LogP contribution in [0.15, 0.2) is 28.7 Å². The molecule has 1 aromatic rings. The van der Waals surface area contributed by atoms with Gasteiger partial charge in [0.05, 0.1) is 0 Å². The summed E-state index contributed by atoms with van der Waals surface area (Å²) in [5, 5.41) is 1.05. The summed E-state index contributed by atoms with van der Waals surface area (Å²) in [6, 6.07) is 8.52. The van der Waals surface area contributed by atoms with Crippen molar-refractivity contribution >= 4 is 31.9 Å². The van der Waals surface area contributed by atoms with Gasteiger partial charge in [0, 0.05) is 9.80 Å². The van der Waals surface area contributed by atoms with Gasteiger partial charge in [-0.3, -0.25) is 0 Å². The minimum absolute atomic E-state index is 0.644. The SMILES string of the molecule is CCCCC(CBr)c1ccccc1Br. The number of unbranched alkanes of at least 4 members (excludes halogenated alkanes) is 1. The van der Waals surface area contributed by atoms with Crippen LogP contribution >= 0.6 is 31.9 Å². The largest absolute Gasteiger partial charge is 0.0921 e. The first kappa shape index (κ1) is 12.3. The lowest BCUT2D eigenvalue weighted by Crippen LogP contribution is -2.01. The maximum Gasteiger partial charge on any atom is 0.0210 e. The zero-order valence-electron chi connectivity index (χ0n) is 8.47. The Balaban J connectivity index is 2.73. The average Bonchev–Trinajstić information content (AvgIpc) is 2.21. The van der Waals surface area contributed by atoms with Crippen LogP contribution in [0.3, 0.4) is 0 Å². The molecule has 0 bridgehead atoms. The maximum absolute atomic E-state index is 3.61. The van der Waals surface area contributed by atoms with Crippen LogP contribution in [0.5, 0.6) is 0 Å². The molecule has 0 radical (unpaired) electrons. The first-order valence-electron chi connectivity index (χ1n) is 5.10. The molecule has 0 fully saturated rings. The Kier molecular flexibility index (Phi) is 5.80. The van der Waals surface area contributed by atoms with Gasteiger partial charge in [-0.25, -0.2) is 0 Å². The smallest absolute Gasteiger partial charge is 0.0210 e. The molecule has 1 atom stereocenters. The molecule has 0 N–H and O–H groups in total. The topological polar surface area (TPSA) is 0 Å². The second kappa shape index (κ2) is 6.62. The fraction of sp³-hybridized carbons (Fsp3) is 0.500. The average molecular weight is 320 g/mol. The van der Waals surface area contributed by atoms with Crippen LogP contribution in [0.25, 0.3) is 0 Å². The highest BCUT2D eigenvalue weighted by Crippen LogP contribution is 2.29. The van der Waals surface area contributed by atoms with Gasteiger partial charge < -0.3 is 0 Å². The van der Waals surface area contributed by atoms with Gasteiger partial charge >= 0.3 is 0 Å². The summed E-state index contributed by atoms with van der Waals surface area (Å²) in [5.41, 5.74) is 1.43. The summed E-state index contributed by atoms with van der Waals surface area (Å²) in [5.74, 6) is 0.644. The monoisotopic (exact) mass is 318 g/mol. The van der Waals surface area contributed by atoms with Gasteiger partial charge in [-0.2, -0.15) is 0 Å². The van der Waals surface area contributed by atoms with Crippen molar-refractivity contribution < 1.29 is 0 Å². The van der Waals surface area contributed by atoms with E-state index in [1.807, 2.05) is 0 Å². The van der Waals surface area contributed by atoms with Crippen LogP contribution in [-0.4, -0.2) is 5.33 Å². The molecule has 0 aliphatic heterocycles. The van der Waals surface area contributed by atoms with E-state index in [0.717, 1.165) is 5.33 Å². The molecule has 1 rings (SSSR count). The highest BCUT2D eigenvalue weighted by atomic mass is 79.9. The van der Waals surface area contributed by atoms with Crippen LogP contribution in [-0.2, 0) is 0 Å². The Morgan fingerprint density at radius 2 is 2.00 bits per heavy atom. The lowest BCUT2D eigenvalue weighted by molar-refractivity contribution is 0.631. The van der Waals surface area contributed by atoms with Crippen molar-refractivity contribution in [1.29, 1.82) is 0 Å². The molecule has 14 heavy (non-hydrogen) atoms. The first-order valence-corrected chi connectivity index (χ1v) is 7.01. The van der Waals surface area contributed by atoms with Crippen molar-refractivity contribution in [3.8, 4) is 0 Å². The van der Waals surface area contributed by atoms with Crippen LogP contribution in [0.4, 0.5) is 0 Å². The lowest BCUT2D eigenvalue weighted by Gasteiger charge is -2.15. The summed E-state index contributed by atoms with van der Waals surface area (Å²) in [6.45, 7) is 2.24. The summed E-state index contributed by atoms with van der Waals surface area (Å²) >= 11 is 7.20. The molecule has 0 heterocycles. The van der Waals surface area contributed by atoms with Crippen LogP contribution < -0.4 is 0 Å². The van der Waals surface area contributed by atoms with Gasteiger partial charge in [-0.15, -0.1) is 0 Å². The third-order valence-corrected chi connectivity index (χ3v) is 3.94. The van der Waals surface area contributed by atoms with Gasteiger partial charge in [-0.1, -0.05) is 69.8 Å². The van der Waals surface area contributed by atoms with E-state index in [2.05, 4.69) is 63.0 Å². The van der Waals surface area contributed by atoms with Crippen LogP contribution in [0.1, 0.15) is 37.7 Å². The zero-order chi connectivity index (χ0) is 10.4. The van der Waals surface area contributed by atoms with E-state index in [9.17, 15) is 0 Å². The van der Waals surface area contributed by atoms with E-state index in [0.29, 0.717) is 5.92 Å². The summed E-state index contributed by atoms with van der Waals surface area (Å²) < 4.78 is 1.24. The lowest BCUT2D eigenvalue weighted by atomic mass is 9.96. The van der Waals surface area contributed by atoms with E-state index < -0.39 is 0 Å². The van der Waals surface area contributed by atoms with Crippen molar-refractivity contribution in [3.63, 3.8) is 0 Å². The highest BCUT2D eigenvalue weighted by Gasteiger charge is 2.11. The number of alkyl halides is 1. The number of hydrogen-bond donors (Lipinski definition) is 0. The first-order chi connectivity index (χ1) is 6.79. The summed E-state index contributed by atoms with van der Waals surface area (Å²) in [4.78, 5) is 0. The molecule has 0 saturated heterocycles. The molecular formula is C12H16Br2. The molecule has 0 spiro atoms. The third-order valence-electron chi connectivity index (χ3n) is 2.44. The van der Waals surface area contributed by atoms with Gasteiger partial charge in [0.2, 0.25) is 0 Å². The van der Waals surface area contributed by atoms with E-state index in [1.54, 1.807) is 0 Å². The van der Waals surface area contributed by atoms with Crippen molar-refractivity contribution in [3.05, 3.63) is 34.3 Å². The third kappa shape index (κ3) is 3.39. The van der Waals surface area contributed by atoms with Crippen molar-refractivity contribution in [2.75, 3.05) is 5.33 Å². The highest BCUT2D eigenvalue weighted by molar-refractivity contribution is 9.10. The number of benzene rings is 1. The Bertz CT molecular complexity index is 271. The number of hydrogen-bond acceptors (Lipinski definition) is 0. The number of rotatable bonds is 5. The molecule has 0 saturated carbocycles. The Morgan fingerprint density at radius 3 is 2.57 bits per heavy atom. The number of halogens is 2. The Labute approximate surface area is 103 Å². The molecule has 0 nitrogen and oxygen atoms in total. The molecule has 78 valence electrons. The van der Waals surface area contributed by atoms with Crippen LogP contribution in [0.2, 0.25) is 0 Å². The van der Waals surface area contributed by atoms with Crippen molar-refractivity contribution in [1.82, 2.24) is 0 Å². The molecule has 1 aromatic carbocycles. The molecule has 0 amide bonds. The van der Waals surface area contributed by atoms with E-state index in [1.165, 1.54) is 29.3 Å². The molecule has 0 aliphatic rings. The minimum Gasteiger partial charge on any atom is -0.0921 e. The molecule has 2 heteroatoms. The molecule has 1 unspecified atom stereocenters. The quantitative estimate of drug-likeness (QED) is 0.661. The fourth-order valence-corrected chi connectivity index (χ4v) is 2.85. The standard InChI is InChI=1S/C12H16Br2/c1-2-3-6-10(9-13)11-7-4-5-8-12(11)14/h4-5,7-8,10H,2-3,6,9H2,1H3. The predicted molar refractivity (Wildman–Crippen MR) is 70.2 cm³/mol. The fourth-order valence-electron chi connectivity index (χ4n) is 1.57. The van der Waals surface area contributed by atoms with Gasteiger partial charge in [0.25, 0.3) is 0 Å². The van der Waals surface area contributed by atoms with Gasteiger partial charge in [0.1, 0.15) is 0 Å². The summed E-state index contributed by atoms with van der Waals surface area (Å²) in [7, 11) is 0. The Morgan fingerprint density at radius 1 is 1.29 bits per heavy atom. The predicted octanol–water partition coefficient (Wildman–Crippen LogP) is 5.12. The molecule has 0 aliphatic carbocycles. The van der Waals surface area contributed by atoms with E-state index in [4.69, 9.17) is 0 Å². The zero-order valence-corrected chi connectivity index (χ0v) is 11.6. The van der Waals surface area contributed by atoms with E-state index in [-0.39, 0.29) is 0 Å². The minimum atomic E-state index is 0.644. The second-order valence-electron chi connectivity index (χ2n) is 3.51. The van der Waals surface area contributed by atoms with Crippen molar-refractivity contribution in [2.45, 2.75) is 32.1 Å². The summed E-state index contributed by atoms with van der Waals surface area (Å²) in [6.07, 6.45) is 3.84. The normalized spacial score (nSPS) is 12.8. The molecule has 0 aromatic heterocycles. The molecular weight excluding hydrogens is 304 g/mol. The Hall–Kier alpha value is 0.180. The van der Waals surface area contributed by atoms with Gasteiger partial charge in [-0.05, 0) is 24.0 Å². The second-order valence-corrected chi connectivity index (χ2v) is 5.02. The van der Waals surface area contributed by atoms with Gasteiger partial charge in [0.15, 0.2) is 0 Å². The van der Waals surface area contributed by atoms with Crippen molar-refractivity contribution in [2.24, 2.45) is 0 Å². The maximum atomic E-state index is 3.61. The van der Waals surface area contributed by atoms with Crippen LogP contribution in [0, 0.1) is 0 Å². The van der Waals surface area contributed by atoms with E-state index >= 15 is 0 Å².